The van der Waals surface area contributed by atoms with Crippen LogP contribution in [0.4, 0.5) is 0 Å². The van der Waals surface area contributed by atoms with Crippen LogP contribution >= 0.6 is 11.3 Å². The molecule has 1 aliphatic carbocycles. The zero-order valence-corrected chi connectivity index (χ0v) is 13.9. The summed E-state index contributed by atoms with van der Waals surface area (Å²) in [6.45, 7) is 3.42. The van der Waals surface area contributed by atoms with Gasteiger partial charge in [0.1, 0.15) is 0 Å². The average molecular weight is 301 g/mol. The molecule has 1 aliphatic rings. The zero-order chi connectivity index (χ0) is 14.5. The second-order valence-electron chi connectivity index (χ2n) is 6.50. The van der Waals surface area contributed by atoms with Crippen molar-refractivity contribution < 1.29 is 0 Å². The third kappa shape index (κ3) is 3.87. The molecule has 0 saturated heterocycles. The lowest BCUT2D eigenvalue weighted by atomic mass is 9.93. The van der Waals surface area contributed by atoms with Crippen LogP contribution in [0.3, 0.4) is 0 Å². The molecule has 0 spiro atoms. The minimum Gasteiger partial charge on any atom is -0.314 e. The molecule has 3 rings (SSSR count). The number of nitrogens with one attached hydrogen (secondary N) is 1. The molecule has 114 valence electrons. The predicted octanol–water partition coefficient (Wildman–Crippen LogP) is 5.39. The number of thiophene rings is 1. The highest BCUT2D eigenvalue weighted by molar-refractivity contribution is 7.17. The standard InChI is InChI=1S/C19H27NS/c1-2-11-20-17(12-15-7-3-4-8-15)13-16-14-21-19-10-6-5-9-18(16)19/h5-6,9-10,14-15,17,20H,2-4,7-8,11-13H2,1H3. The first kappa shape index (κ1) is 15.1. The number of rotatable bonds is 7. The van der Waals surface area contributed by atoms with Crippen LogP contribution in [0.1, 0.15) is 51.0 Å². The predicted molar refractivity (Wildman–Crippen MR) is 94.2 cm³/mol. The quantitative estimate of drug-likeness (QED) is 0.722. The Hall–Kier alpha value is -0.860. The van der Waals surface area contributed by atoms with Crippen LogP contribution in [0.5, 0.6) is 0 Å². The SMILES string of the molecule is CCCNC(Cc1csc2ccccc12)CC1CCCC1. The number of hydrogen-bond donors (Lipinski definition) is 1. The van der Waals surface area contributed by atoms with Gasteiger partial charge in [-0.1, -0.05) is 50.8 Å². The highest BCUT2D eigenvalue weighted by atomic mass is 32.1. The molecule has 21 heavy (non-hydrogen) atoms. The van der Waals surface area contributed by atoms with E-state index in [1.807, 2.05) is 11.3 Å². The first-order valence-corrected chi connectivity index (χ1v) is 9.43. The Morgan fingerprint density at radius 3 is 2.86 bits per heavy atom. The summed E-state index contributed by atoms with van der Waals surface area (Å²) in [5.74, 6) is 0.962. The van der Waals surface area contributed by atoms with E-state index in [2.05, 4.69) is 41.9 Å². The molecule has 1 heterocycles. The maximum atomic E-state index is 3.80. The van der Waals surface area contributed by atoms with Gasteiger partial charge in [0.2, 0.25) is 0 Å². The zero-order valence-electron chi connectivity index (χ0n) is 13.1. The van der Waals surface area contributed by atoms with Gasteiger partial charge >= 0.3 is 0 Å². The van der Waals surface area contributed by atoms with Crippen LogP contribution in [0, 0.1) is 5.92 Å². The van der Waals surface area contributed by atoms with Crippen LogP contribution in [-0.2, 0) is 6.42 Å². The van der Waals surface area contributed by atoms with E-state index in [0.717, 1.165) is 12.5 Å². The third-order valence-electron chi connectivity index (χ3n) is 4.80. The number of benzene rings is 1. The molecule has 1 atom stereocenters. The Morgan fingerprint density at radius 2 is 2.05 bits per heavy atom. The Bertz CT molecular complexity index is 553. The van der Waals surface area contributed by atoms with Crippen molar-refractivity contribution in [3.8, 4) is 0 Å². The van der Waals surface area contributed by atoms with Crippen molar-refractivity contribution in [3.63, 3.8) is 0 Å². The fourth-order valence-corrected chi connectivity index (χ4v) is 4.67. The van der Waals surface area contributed by atoms with Crippen LogP contribution in [0.25, 0.3) is 10.1 Å². The molecule has 1 saturated carbocycles. The number of hydrogen-bond acceptors (Lipinski definition) is 2. The molecule has 2 heteroatoms. The summed E-state index contributed by atoms with van der Waals surface area (Å²) in [4.78, 5) is 0. The van der Waals surface area contributed by atoms with E-state index in [-0.39, 0.29) is 0 Å². The summed E-state index contributed by atoms with van der Waals surface area (Å²) in [6, 6.07) is 9.51. The normalized spacial score (nSPS) is 17.6. The van der Waals surface area contributed by atoms with Crippen molar-refractivity contribution in [2.24, 2.45) is 5.92 Å². The molecule has 1 N–H and O–H groups in total. The fraction of sp³-hybridized carbons (Fsp3) is 0.579. The van der Waals surface area contributed by atoms with Gasteiger partial charge in [0.05, 0.1) is 0 Å². The van der Waals surface area contributed by atoms with Crippen molar-refractivity contribution in [1.29, 1.82) is 0 Å². The summed E-state index contributed by atoms with van der Waals surface area (Å²) in [5, 5.41) is 7.65. The van der Waals surface area contributed by atoms with Crippen LogP contribution < -0.4 is 5.32 Å². The topological polar surface area (TPSA) is 12.0 Å². The van der Waals surface area contributed by atoms with Gasteiger partial charge in [-0.05, 0) is 54.1 Å². The minimum absolute atomic E-state index is 0.658. The molecular formula is C19H27NS. The van der Waals surface area contributed by atoms with E-state index < -0.39 is 0 Å². The lowest BCUT2D eigenvalue weighted by Crippen LogP contribution is -2.33. The van der Waals surface area contributed by atoms with E-state index in [1.165, 1.54) is 55.0 Å². The molecule has 1 fully saturated rings. The highest BCUT2D eigenvalue weighted by Gasteiger charge is 2.20. The van der Waals surface area contributed by atoms with Gasteiger partial charge in [-0.3, -0.25) is 0 Å². The number of fused-ring (bicyclic) bond motifs is 1. The average Bonchev–Trinajstić information content (AvgIpc) is 3.15. The fourth-order valence-electron chi connectivity index (χ4n) is 3.69. The smallest absolute Gasteiger partial charge is 0.0345 e. The molecular weight excluding hydrogens is 274 g/mol. The summed E-state index contributed by atoms with van der Waals surface area (Å²) >= 11 is 1.89. The van der Waals surface area contributed by atoms with Gasteiger partial charge in [-0.15, -0.1) is 11.3 Å². The van der Waals surface area contributed by atoms with Crippen molar-refractivity contribution in [1.82, 2.24) is 5.32 Å². The molecule has 0 aliphatic heterocycles. The lowest BCUT2D eigenvalue weighted by molar-refractivity contribution is 0.385. The van der Waals surface area contributed by atoms with Crippen LogP contribution in [0.15, 0.2) is 29.6 Å². The van der Waals surface area contributed by atoms with Crippen molar-refractivity contribution in [2.45, 2.75) is 57.9 Å². The van der Waals surface area contributed by atoms with E-state index in [9.17, 15) is 0 Å². The maximum Gasteiger partial charge on any atom is 0.0345 e. The second-order valence-corrected chi connectivity index (χ2v) is 7.41. The van der Waals surface area contributed by atoms with Crippen molar-refractivity contribution >= 4 is 21.4 Å². The van der Waals surface area contributed by atoms with Crippen molar-refractivity contribution in [2.75, 3.05) is 6.54 Å². The van der Waals surface area contributed by atoms with Gasteiger partial charge in [-0.25, -0.2) is 0 Å². The Morgan fingerprint density at radius 1 is 1.24 bits per heavy atom. The summed E-state index contributed by atoms with van der Waals surface area (Å²) in [5.41, 5.74) is 1.54. The first-order valence-electron chi connectivity index (χ1n) is 8.55. The monoisotopic (exact) mass is 301 g/mol. The van der Waals surface area contributed by atoms with E-state index in [0.29, 0.717) is 6.04 Å². The molecule has 1 aromatic heterocycles. The summed E-state index contributed by atoms with van der Waals surface area (Å²) in [7, 11) is 0. The van der Waals surface area contributed by atoms with Gasteiger partial charge in [0, 0.05) is 10.7 Å². The van der Waals surface area contributed by atoms with E-state index in [1.54, 1.807) is 5.56 Å². The van der Waals surface area contributed by atoms with E-state index in [4.69, 9.17) is 0 Å². The molecule has 0 bridgehead atoms. The molecule has 1 nitrogen and oxygen atoms in total. The van der Waals surface area contributed by atoms with Gasteiger partial charge in [0.25, 0.3) is 0 Å². The summed E-state index contributed by atoms with van der Waals surface area (Å²) < 4.78 is 1.43. The molecule has 2 aromatic rings. The van der Waals surface area contributed by atoms with Gasteiger partial charge in [0.15, 0.2) is 0 Å². The Kier molecular flexibility index (Phi) is 5.32. The largest absolute Gasteiger partial charge is 0.314 e. The highest BCUT2D eigenvalue weighted by Crippen LogP contribution is 2.31. The third-order valence-corrected chi connectivity index (χ3v) is 5.82. The lowest BCUT2D eigenvalue weighted by Gasteiger charge is -2.22. The molecule has 1 unspecified atom stereocenters. The van der Waals surface area contributed by atoms with Crippen LogP contribution in [-0.4, -0.2) is 12.6 Å². The Balaban J connectivity index is 1.70. The van der Waals surface area contributed by atoms with Gasteiger partial charge in [-0.2, -0.15) is 0 Å². The second kappa shape index (κ2) is 7.42. The maximum absolute atomic E-state index is 3.80. The van der Waals surface area contributed by atoms with E-state index >= 15 is 0 Å². The minimum atomic E-state index is 0.658. The van der Waals surface area contributed by atoms with Crippen molar-refractivity contribution in [3.05, 3.63) is 35.2 Å². The molecule has 0 radical (unpaired) electrons. The van der Waals surface area contributed by atoms with Gasteiger partial charge < -0.3 is 5.32 Å². The molecule has 0 amide bonds. The van der Waals surface area contributed by atoms with Crippen LogP contribution in [0.2, 0.25) is 0 Å². The first-order chi connectivity index (χ1) is 10.4. The Labute approximate surface area is 132 Å². The molecule has 1 aromatic carbocycles. The summed E-state index contributed by atoms with van der Waals surface area (Å²) in [6.07, 6.45) is 9.60.